The molecule has 29 heavy (non-hydrogen) atoms. The fourth-order valence-electron chi connectivity index (χ4n) is 3.70. The lowest BCUT2D eigenvalue weighted by Crippen LogP contribution is -2.43. The van der Waals surface area contributed by atoms with E-state index in [1.54, 1.807) is 6.92 Å². The van der Waals surface area contributed by atoms with Crippen molar-refractivity contribution < 1.29 is 4.79 Å². The summed E-state index contributed by atoms with van der Waals surface area (Å²) >= 11 is 1.40. The van der Waals surface area contributed by atoms with Crippen LogP contribution in [0.5, 0.6) is 0 Å². The molecule has 3 heterocycles. The summed E-state index contributed by atoms with van der Waals surface area (Å²) in [4.78, 5) is 32.0. The van der Waals surface area contributed by atoms with E-state index in [1.165, 1.54) is 27.5 Å². The number of nitrogens with one attached hydrogen (secondary N) is 1. The maximum atomic E-state index is 12.8. The lowest BCUT2D eigenvalue weighted by Gasteiger charge is -2.31. The molecule has 0 saturated carbocycles. The normalized spacial score (nSPS) is 18.0. The molecule has 4 rings (SSSR count). The van der Waals surface area contributed by atoms with E-state index in [2.05, 4.69) is 39.4 Å². The molecule has 2 atom stereocenters. The van der Waals surface area contributed by atoms with Gasteiger partial charge >= 0.3 is 0 Å². The van der Waals surface area contributed by atoms with Gasteiger partial charge in [-0.2, -0.15) is 4.52 Å². The van der Waals surface area contributed by atoms with Gasteiger partial charge in [0.2, 0.25) is 16.0 Å². The average molecular weight is 412 g/mol. The number of carbonyl (C=O) groups is 1. The number of hydrogen-bond donors (Lipinski definition) is 1. The molecular weight excluding hydrogens is 386 g/mol. The monoisotopic (exact) mass is 411 g/mol. The molecule has 0 radical (unpaired) electrons. The highest BCUT2D eigenvalue weighted by atomic mass is 32.1. The van der Waals surface area contributed by atoms with Crippen LogP contribution in [0.2, 0.25) is 0 Å². The summed E-state index contributed by atoms with van der Waals surface area (Å²) in [6, 6.07) is 11.7. The first-order chi connectivity index (χ1) is 14.0. The summed E-state index contributed by atoms with van der Waals surface area (Å²) in [5.74, 6) is 0.278. The lowest BCUT2D eigenvalue weighted by atomic mass is 9.96. The Kier molecular flexibility index (Phi) is 5.62. The number of aryl methyl sites for hydroxylation is 1. The molecule has 1 saturated heterocycles. The van der Waals surface area contributed by atoms with Crippen molar-refractivity contribution in [3.63, 3.8) is 0 Å². The van der Waals surface area contributed by atoms with E-state index in [0.717, 1.165) is 24.5 Å². The van der Waals surface area contributed by atoms with Crippen molar-refractivity contribution in [1.29, 1.82) is 0 Å². The second-order valence-corrected chi connectivity index (χ2v) is 8.59. The van der Waals surface area contributed by atoms with Crippen LogP contribution < -0.4 is 15.8 Å². The first kappa shape index (κ1) is 19.6. The average Bonchev–Trinajstić information content (AvgIpc) is 3.17. The highest BCUT2D eigenvalue weighted by Gasteiger charge is 2.28. The number of nitrogens with zero attached hydrogens (tertiary/aromatic N) is 4. The van der Waals surface area contributed by atoms with E-state index < -0.39 is 0 Å². The Hall–Kier alpha value is -2.74. The van der Waals surface area contributed by atoms with Crippen molar-refractivity contribution in [3.05, 3.63) is 58.0 Å². The third-order valence-corrected chi connectivity index (χ3v) is 6.35. The summed E-state index contributed by atoms with van der Waals surface area (Å²) in [6.45, 7) is 5.99. The molecule has 1 amide bonds. The van der Waals surface area contributed by atoms with Gasteiger partial charge in [-0.3, -0.25) is 9.59 Å². The molecule has 0 spiro atoms. The van der Waals surface area contributed by atoms with Crippen LogP contribution in [0.25, 0.3) is 4.96 Å². The van der Waals surface area contributed by atoms with Crippen LogP contribution in [0.4, 0.5) is 5.13 Å². The molecular formula is C21H25N5O2S. The second kappa shape index (κ2) is 8.32. The third kappa shape index (κ3) is 4.32. The molecule has 1 N–H and O–H groups in total. The summed E-state index contributed by atoms with van der Waals surface area (Å²) in [5.41, 5.74) is 1.74. The van der Waals surface area contributed by atoms with Gasteiger partial charge in [-0.15, -0.1) is 5.10 Å². The van der Waals surface area contributed by atoms with Crippen LogP contribution in [0.3, 0.4) is 0 Å². The lowest BCUT2D eigenvalue weighted by molar-refractivity contribution is -0.125. The van der Waals surface area contributed by atoms with Crippen molar-refractivity contribution in [2.24, 2.45) is 5.92 Å². The fourth-order valence-corrected chi connectivity index (χ4v) is 4.69. The second-order valence-electron chi connectivity index (χ2n) is 7.66. The van der Waals surface area contributed by atoms with Gasteiger partial charge in [0.05, 0.1) is 5.92 Å². The Morgan fingerprint density at radius 2 is 2.14 bits per heavy atom. The molecule has 2 unspecified atom stereocenters. The fraction of sp³-hybridized carbons (Fsp3) is 0.429. The van der Waals surface area contributed by atoms with Gasteiger partial charge in [0.15, 0.2) is 0 Å². The van der Waals surface area contributed by atoms with Gasteiger partial charge < -0.3 is 10.2 Å². The molecule has 8 heteroatoms. The molecule has 1 aliphatic heterocycles. The smallest absolute Gasteiger partial charge is 0.275 e. The SMILES string of the molecule is Cc1cc(=O)n2nc(N3CCCC(C(=O)NCC(C)c4ccccc4)C3)sc2n1. The largest absolute Gasteiger partial charge is 0.355 e. The highest BCUT2D eigenvalue weighted by molar-refractivity contribution is 7.20. The summed E-state index contributed by atoms with van der Waals surface area (Å²) < 4.78 is 1.35. The van der Waals surface area contributed by atoms with Crippen LogP contribution in [0.15, 0.2) is 41.2 Å². The molecule has 1 fully saturated rings. The van der Waals surface area contributed by atoms with Gasteiger partial charge in [-0.1, -0.05) is 48.6 Å². The number of anilines is 1. The molecule has 1 aliphatic rings. The van der Waals surface area contributed by atoms with Crippen molar-refractivity contribution in [1.82, 2.24) is 19.9 Å². The number of benzene rings is 1. The molecule has 0 bridgehead atoms. The number of amides is 1. The van der Waals surface area contributed by atoms with Crippen molar-refractivity contribution in [3.8, 4) is 0 Å². The van der Waals surface area contributed by atoms with Crippen molar-refractivity contribution in [2.45, 2.75) is 32.6 Å². The predicted molar refractivity (Wildman–Crippen MR) is 115 cm³/mol. The van der Waals surface area contributed by atoms with E-state index in [0.29, 0.717) is 23.7 Å². The van der Waals surface area contributed by atoms with Crippen LogP contribution in [0, 0.1) is 12.8 Å². The van der Waals surface area contributed by atoms with E-state index in [-0.39, 0.29) is 23.3 Å². The quantitative estimate of drug-likeness (QED) is 0.698. The number of rotatable bonds is 5. The Morgan fingerprint density at radius 3 is 2.93 bits per heavy atom. The first-order valence-corrected chi connectivity index (χ1v) is 10.8. The molecule has 152 valence electrons. The van der Waals surface area contributed by atoms with Crippen LogP contribution in [0.1, 0.15) is 36.9 Å². The van der Waals surface area contributed by atoms with Crippen LogP contribution >= 0.6 is 11.3 Å². The predicted octanol–water partition coefficient (Wildman–Crippen LogP) is 2.60. The molecule has 3 aromatic rings. The Labute approximate surface area is 173 Å². The summed E-state index contributed by atoms with van der Waals surface area (Å²) in [7, 11) is 0. The van der Waals surface area contributed by atoms with Crippen LogP contribution in [-0.2, 0) is 4.79 Å². The van der Waals surface area contributed by atoms with E-state index >= 15 is 0 Å². The van der Waals surface area contributed by atoms with Gasteiger partial charge in [-0.05, 0) is 31.2 Å². The zero-order chi connectivity index (χ0) is 20.4. The van der Waals surface area contributed by atoms with E-state index in [1.807, 2.05) is 18.2 Å². The number of piperidine rings is 1. The molecule has 1 aromatic carbocycles. The Bertz CT molecular complexity index is 1060. The number of carbonyl (C=O) groups excluding carboxylic acids is 1. The minimum absolute atomic E-state index is 0.0786. The van der Waals surface area contributed by atoms with E-state index in [4.69, 9.17) is 0 Å². The number of fused-ring (bicyclic) bond motifs is 1. The molecule has 2 aromatic heterocycles. The van der Waals surface area contributed by atoms with Crippen molar-refractivity contribution >= 4 is 27.3 Å². The van der Waals surface area contributed by atoms with Gasteiger partial charge in [0.25, 0.3) is 5.56 Å². The first-order valence-electron chi connectivity index (χ1n) is 9.96. The molecule has 0 aliphatic carbocycles. The maximum absolute atomic E-state index is 12.8. The highest BCUT2D eigenvalue weighted by Crippen LogP contribution is 2.27. The van der Waals surface area contributed by atoms with Crippen molar-refractivity contribution in [2.75, 3.05) is 24.5 Å². The van der Waals surface area contributed by atoms with E-state index in [9.17, 15) is 9.59 Å². The topological polar surface area (TPSA) is 79.6 Å². The number of hydrogen-bond acceptors (Lipinski definition) is 6. The van der Waals surface area contributed by atoms with Crippen LogP contribution in [-0.4, -0.2) is 40.1 Å². The van der Waals surface area contributed by atoms with Gasteiger partial charge in [0, 0.05) is 31.4 Å². The zero-order valence-electron chi connectivity index (χ0n) is 16.7. The standard InChI is InChI=1S/C21H25N5O2S/c1-14(16-7-4-3-5-8-16)12-22-19(28)17-9-6-10-25(13-17)21-24-26-18(27)11-15(2)23-20(26)29-21/h3-5,7-8,11,14,17H,6,9-10,12-13H2,1-2H3,(H,22,28). The molecule has 7 nitrogen and oxygen atoms in total. The number of aromatic nitrogens is 3. The Morgan fingerprint density at radius 1 is 1.34 bits per heavy atom. The van der Waals surface area contributed by atoms with Gasteiger partial charge in [0.1, 0.15) is 0 Å². The maximum Gasteiger partial charge on any atom is 0.275 e. The minimum atomic E-state index is -0.170. The van der Waals surface area contributed by atoms with Gasteiger partial charge in [-0.25, -0.2) is 4.98 Å². The summed E-state index contributed by atoms with van der Waals surface area (Å²) in [6.07, 6.45) is 1.79. The summed E-state index contributed by atoms with van der Waals surface area (Å²) in [5, 5.41) is 8.30. The minimum Gasteiger partial charge on any atom is -0.355 e. The Balaban J connectivity index is 1.41. The third-order valence-electron chi connectivity index (χ3n) is 5.38. The zero-order valence-corrected chi connectivity index (χ0v) is 17.5.